The van der Waals surface area contributed by atoms with Crippen LogP contribution < -0.4 is 10.1 Å². The molecule has 5 heteroatoms. The summed E-state index contributed by atoms with van der Waals surface area (Å²) >= 11 is 6.10. The summed E-state index contributed by atoms with van der Waals surface area (Å²) in [6.07, 6.45) is 6.87. The molecule has 0 bridgehead atoms. The van der Waals surface area contributed by atoms with Crippen molar-refractivity contribution in [3.05, 3.63) is 12.4 Å². The minimum absolute atomic E-state index is 0.112. The van der Waals surface area contributed by atoms with Gasteiger partial charge in [-0.2, -0.15) is 4.98 Å². The lowest BCUT2D eigenvalue weighted by molar-refractivity contribution is 0.232. The van der Waals surface area contributed by atoms with E-state index in [1.165, 1.54) is 6.42 Å². The summed E-state index contributed by atoms with van der Waals surface area (Å²) in [4.78, 5) is 8.49. The maximum atomic E-state index is 6.10. The first-order valence-corrected chi connectivity index (χ1v) is 6.93. The Bertz CT molecular complexity index is 386. The monoisotopic (exact) mass is 269 g/mol. The van der Waals surface area contributed by atoms with Crippen molar-refractivity contribution in [2.45, 2.75) is 44.6 Å². The highest BCUT2D eigenvalue weighted by molar-refractivity contribution is 6.20. The minimum atomic E-state index is 0.112. The number of ether oxygens (including phenoxy) is 1. The van der Waals surface area contributed by atoms with Gasteiger partial charge in [0, 0.05) is 11.9 Å². The van der Waals surface area contributed by atoms with Crippen molar-refractivity contribution in [1.82, 2.24) is 9.97 Å². The third kappa shape index (κ3) is 4.02. The maximum Gasteiger partial charge on any atom is 0.234 e. The number of rotatable bonds is 5. The fourth-order valence-electron chi connectivity index (χ4n) is 2.18. The molecule has 1 fully saturated rings. The lowest BCUT2D eigenvalue weighted by Gasteiger charge is -2.12. The van der Waals surface area contributed by atoms with E-state index in [0.717, 1.165) is 25.2 Å². The molecule has 100 valence electrons. The SMILES string of the molecule is CC(C)Oc1cncc(NCC2CCC(Cl)C2)n1. The van der Waals surface area contributed by atoms with Gasteiger partial charge in [0.1, 0.15) is 5.82 Å². The van der Waals surface area contributed by atoms with Crippen molar-refractivity contribution in [1.29, 1.82) is 0 Å². The molecule has 0 spiro atoms. The van der Waals surface area contributed by atoms with Gasteiger partial charge in [0.25, 0.3) is 0 Å². The van der Waals surface area contributed by atoms with E-state index in [-0.39, 0.29) is 6.10 Å². The first-order valence-electron chi connectivity index (χ1n) is 6.50. The van der Waals surface area contributed by atoms with Gasteiger partial charge >= 0.3 is 0 Å². The predicted octanol–water partition coefficient (Wildman–Crippen LogP) is 3.08. The van der Waals surface area contributed by atoms with E-state index in [0.29, 0.717) is 17.2 Å². The van der Waals surface area contributed by atoms with Crippen LogP contribution in [0.3, 0.4) is 0 Å². The molecule has 1 aliphatic carbocycles. The Morgan fingerprint density at radius 1 is 1.44 bits per heavy atom. The Balaban J connectivity index is 1.85. The first kappa shape index (κ1) is 13.4. The Morgan fingerprint density at radius 2 is 2.28 bits per heavy atom. The number of aromatic nitrogens is 2. The summed E-state index contributed by atoms with van der Waals surface area (Å²) in [7, 11) is 0. The summed E-state index contributed by atoms with van der Waals surface area (Å²) < 4.78 is 5.51. The molecule has 1 aromatic rings. The fourth-order valence-corrected chi connectivity index (χ4v) is 2.56. The van der Waals surface area contributed by atoms with Gasteiger partial charge in [-0.15, -0.1) is 11.6 Å². The second-order valence-corrected chi connectivity index (χ2v) is 5.68. The van der Waals surface area contributed by atoms with Crippen molar-refractivity contribution in [3.63, 3.8) is 0 Å². The molecule has 2 unspecified atom stereocenters. The third-order valence-electron chi connectivity index (χ3n) is 3.02. The zero-order valence-electron chi connectivity index (χ0n) is 10.9. The summed E-state index contributed by atoms with van der Waals surface area (Å²) in [5.41, 5.74) is 0. The van der Waals surface area contributed by atoms with Crippen molar-refractivity contribution in [2.24, 2.45) is 5.92 Å². The number of halogens is 1. The molecule has 2 rings (SSSR count). The molecule has 1 saturated carbocycles. The molecule has 18 heavy (non-hydrogen) atoms. The van der Waals surface area contributed by atoms with E-state index >= 15 is 0 Å². The molecule has 1 N–H and O–H groups in total. The Hall–Kier alpha value is -1.03. The van der Waals surface area contributed by atoms with E-state index < -0.39 is 0 Å². The van der Waals surface area contributed by atoms with Gasteiger partial charge in [-0.25, -0.2) is 0 Å². The Kier molecular flexibility index (Phi) is 4.64. The smallest absolute Gasteiger partial charge is 0.234 e. The molecule has 0 saturated heterocycles. The van der Waals surface area contributed by atoms with Crippen LogP contribution in [0.15, 0.2) is 12.4 Å². The van der Waals surface area contributed by atoms with Crippen LogP contribution in [0, 0.1) is 5.92 Å². The van der Waals surface area contributed by atoms with Crippen LogP contribution in [-0.2, 0) is 0 Å². The van der Waals surface area contributed by atoms with Crippen LogP contribution in [-0.4, -0.2) is 28.0 Å². The molecule has 4 nitrogen and oxygen atoms in total. The van der Waals surface area contributed by atoms with E-state index in [1.54, 1.807) is 12.4 Å². The van der Waals surface area contributed by atoms with E-state index in [2.05, 4.69) is 15.3 Å². The molecule has 1 aromatic heterocycles. The molecule has 2 atom stereocenters. The molecular weight excluding hydrogens is 250 g/mol. The number of hydrogen-bond donors (Lipinski definition) is 1. The highest BCUT2D eigenvalue weighted by atomic mass is 35.5. The summed E-state index contributed by atoms with van der Waals surface area (Å²) in [5.74, 6) is 1.98. The first-order chi connectivity index (χ1) is 8.63. The molecule has 1 heterocycles. The van der Waals surface area contributed by atoms with E-state index in [4.69, 9.17) is 16.3 Å². The van der Waals surface area contributed by atoms with E-state index in [1.807, 2.05) is 13.8 Å². The minimum Gasteiger partial charge on any atom is -0.474 e. The van der Waals surface area contributed by atoms with Crippen molar-refractivity contribution < 1.29 is 4.74 Å². The van der Waals surface area contributed by atoms with Gasteiger partial charge in [0.05, 0.1) is 18.5 Å². The molecule has 0 radical (unpaired) electrons. The fraction of sp³-hybridized carbons (Fsp3) is 0.692. The molecule has 0 aromatic carbocycles. The summed E-state index contributed by atoms with van der Waals surface area (Å²) in [6, 6.07) is 0. The summed E-state index contributed by atoms with van der Waals surface area (Å²) in [5, 5.41) is 3.65. The van der Waals surface area contributed by atoms with Crippen molar-refractivity contribution >= 4 is 17.4 Å². The van der Waals surface area contributed by atoms with Gasteiger partial charge in [-0.05, 0) is 39.0 Å². The predicted molar refractivity (Wildman–Crippen MR) is 73.3 cm³/mol. The average molecular weight is 270 g/mol. The highest BCUT2D eigenvalue weighted by Gasteiger charge is 2.22. The summed E-state index contributed by atoms with van der Waals surface area (Å²) in [6.45, 7) is 4.85. The van der Waals surface area contributed by atoms with Crippen molar-refractivity contribution in [3.8, 4) is 5.88 Å². The standard InChI is InChI=1S/C13H20ClN3O/c1-9(2)18-13-8-15-7-12(17-13)16-6-10-3-4-11(14)5-10/h7-11H,3-6H2,1-2H3,(H,16,17). The van der Waals surface area contributed by atoms with Crippen LogP contribution >= 0.6 is 11.6 Å². The number of nitrogens with one attached hydrogen (secondary N) is 1. The second kappa shape index (κ2) is 6.23. The number of alkyl halides is 1. The zero-order valence-corrected chi connectivity index (χ0v) is 11.7. The van der Waals surface area contributed by atoms with Crippen LogP contribution in [0.4, 0.5) is 5.82 Å². The highest BCUT2D eigenvalue weighted by Crippen LogP contribution is 2.29. The third-order valence-corrected chi connectivity index (χ3v) is 3.41. The van der Waals surface area contributed by atoms with Gasteiger partial charge in [-0.3, -0.25) is 4.98 Å². The van der Waals surface area contributed by atoms with Gasteiger partial charge in [-0.1, -0.05) is 0 Å². The molecule has 0 aliphatic heterocycles. The Labute approximate surface area is 113 Å². The lowest BCUT2D eigenvalue weighted by Crippen LogP contribution is -2.14. The number of nitrogens with zero attached hydrogens (tertiary/aromatic N) is 2. The number of anilines is 1. The van der Waals surface area contributed by atoms with Gasteiger partial charge in [0.2, 0.25) is 5.88 Å². The second-order valence-electron chi connectivity index (χ2n) is 5.07. The Morgan fingerprint density at radius 3 is 2.94 bits per heavy atom. The topological polar surface area (TPSA) is 47.0 Å². The molecule has 0 amide bonds. The van der Waals surface area contributed by atoms with Crippen LogP contribution in [0.5, 0.6) is 5.88 Å². The van der Waals surface area contributed by atoms with Crippen molar-refractivity contribution in [2.75, 3.05) is 11.9 Å². The van der Waals surface area contributed by atoms with Gasteiger partial charge in [0.15, 0.2) is 0 Å². The zero-order chi connectivity index (χ0) is 13.0. The molecule has 1 aliphatic rings. The van der Waals surface area contributed by atoms with Crippen LogP contribution in [0.2, 0.25) is 0 Å². The van der Waals surface area contributed by atoms with Crippen LogP contribution in [0.25, 0.3) is 0 Å². The largest absolute Gasteiger partial charge is 0.474 e. The lowest BCUT2D eigenvalue weighted by atomic mass is 10.1. The quantitative estimate of drug-likeness (QED) is 0.835. The normalized spacial score (nSPS) is 23.3. The van der Waals surface area contributed by atoms with Gasteiger partial charge < -0.3 is 10.1 Å². The average Bonchev–Trinajstić information content (AvgIpc) is 2.72. The van der Waals surface area contributed by atoms with Crippen LogP contribution in [0.1, 0.15) is 33.1 Å². The van der Waals surface area contributed by atoms with E-state index in [9.17, 15) is 0 Å². The maximum absolute atomic E-state index is 6.10. The molecular formula is C13H20ClN3O. The number of hydrogen-bond acceptors (Lipinski definition) is 4.